The minimum Gasteiger partial charge on any atom is -0.321 e. The molecule has 0 fully saturated rings. The Morgan fingerprint density at radius 2 is 2.08 bits per heavy atom. The Hall–Kier alpha value is -0.610. The van der Waals surface area contributed by atoms with E-state index in [1.807, 2.05) is 14.1 Å². The van der Waals surface area contributed by atoms with Crippen LogP contribution in [0.25, 0.3) is 0 Å². The first-order valence-corrected chi connectivity index (χ1v) is 4.33. The average molecular weight is 174 g/mol. The van der Waals surface area contributed by atoms with Crippen molar-refractivity contribution in [2.24, 2.45) is 5.84 Å². The molecule has 12 heavy (non-hydrogen) atoms. The molecule has 0 bridgehead atoms. The molecule has 4 heteroatoms. The van der Waals surface area contributed by atoms with Crippen molar-refractivity contribution < 1.29 is 9.28 Å². The smallest absolute Gasteiger partial charge is 0.289 e. The zero-order chi connectivity index (χ0) is 9.61. The maximum Gasteiger partial charge on any atom is 0.289 e. The standard InChI is InChI=1S/C8H19N3O/c1-4-5-6-11(2,3)7-8(12)10-9/h4-7,9H2,1-3H3/p+1. The summed E-state index contributed by atoms with van der Waals surface area (Å²) in [5.74, 6) is 4.90. The van der Waals surface area contributed by atoms with E-state index in [9.17, 15) is 4.79 Å². The van der Waals surface area contributed by atoms with E-state index in [4.69, 9.17) is 5.84 Å². The Morgan fingerprint density at radius 1 is 1.50 bits per heavy atom. The average Bonchev–Trinajstić information content (AvgIpc) is 2.00. The van der Waals surface area contributed by atoms with Crippen molar-refractivity contribution in [1.82, 2.24) is 5.43 Å². The number of hydrazine groups is 1. The molecule has 0 heterocycles. The SMILES string of the molecule is CCCC[N+](C)(C)CC(=O)NN. The molecule has 0 saturated carbocycles. The molecule has 0 aromatic heterocycles. The van der Waals surface area contributed by atoms with E-state index in [0.717, 1.165) is 19.4 Å². The van der Waals surface area contributed by atoms with Gasteiger partial charge >= 0.3 is 0 Å². The van der Waals surface area contributed by atoms with Gasteiger partial charge in [-0.25, -0.2) is 5.84 Å². The van der Waals surface area contributed by atoms with Gasteiger partial charge in [-0.05, 0) is 6.42 Å². The van der Waals surface area contributed by atoms with Gasteiger partial charge in [0, 0.05) is 0 Å². The van der Waals surface area contributed by atoms with E-state index < -0.39 is 0 Å². The molecule has 0 aliphatic carbocycles. The highest BCUT2D eigenvalue weighted by atomic mass is 16.2. The second kappa shape index (κ2) is 5.11. The second-order valence-corrected chi connectivity index (χ2v) is 3.74. The highest BCUT2D eigenvalue weighted by Crippen LogP contribution is 2.00. The van der Waals surface area contributed by atoms with Crippen molar-refractivity contribution in [3.05, 3.63) is 0 Å². The van der Waals surface area contributed by atoms with Crippen molar-refractivity contribution >= 4 is 5.91 Å². The maximum atomic E-state index is 10.9. The quantitative estimate of drug-likeness (QED) is 0.264. The molecule has 0 spiro atoms. The van der Waals surface area contributed by atoms with Gasteiger partial charge in [-0.1, -0.05) is 13.3 Å². The monoisotopic (exact) mass is 174 g/mol. The minimum absolute atomic E-state index is 0.101. The third-order valence-corrected chi connectivity index (χ3v) is 1.85. The zero-order valence-electron chi connectivity index (χ0n) is 8.26. The molecule has 0 atom stereocenters. The molecular weight excluding hydrogens is 154 g/mol. The summed E-state index contributed by atoms with van der Waals surface area (Å²) < 4.78 is 0.705. The number of nitrogens with one attached hydrogen (secondary N) is 1. The lowest BCUT2D eigenvalue weighted by Gasteiger charge is -2.28. The predicted octanol–water partition coefficient (Wildman–Crippen LogP) is -0.147. The molecule has 0 aromatic rings. The van der Waals surface area contributed by atoms with Crippen LogP contribution < -0.4 is 11.3 Å². The van der Waals surface area contributed by atoms with E-state index >= 15 is 0 Å². The number of amides is 1. The van der Waals surface area contributed by atoms with E-state index in [1.165, 1.54) is 0 Å². The van der Waals surface area contributed by atoms with E-state index in [-0.39, 0.29) is 5.91 Å². The van der Waals surface area contributed by atoms with Crippen LogP contribution in [-0.2, 0) is 4.79 Å². The summed E-state index contributed by atoms with van der Waals surface area (Å²) in [5, 5.41) is 0. The van der Waals surface area contributed by atoms with Gasteiger partial charge < -0.3 is 4.48 Å². The minimum atomic E-state index is -0.101. The van der Waals surface area contributed by atoms with Gasteiger partial charge in [-0.2, -0.15) is 0 Å². The van der Waals surface area contributed by atoms with Crippen molar-refractivity contribution in [3.8, 4) is 0 Å². The molecule has 3 N–H and O–H groups in total. The summed E-state index contributed by atoms with van der Waals surface area (Å²) in [6.07, 6.45) is 2.30. The van der Waals surface area contributed by atoms with Gasteiger partial charge in [0.25, 0.3) is 5.91 Å². The fourth-order valence-corrected chi connectivity index (χ4v) is 1.10. The first kappa shape index (κ1) is 11.4. The molecule has 0 radical (unpaired) electrons. The lowest BCUT2D eigenvalue weighted by molar-refractivity contribution is -0.882. The third-order valence-electron chi connectivity index (χ3n) is 1.85. The Balaban J connectivity index is 3.77. The lowest BCUT2D eigenvalue weighted by Crippen LogP contribution is -2.49. The van der Waals surface area contributed by atoms with Crippen molar-refractivity contribution in [2.75, 3.05) is 27.2 Å². The van der Waals surface area contributed by atoms with Crippen LogP contribution in [0.3, 0.4) is 0 Å². The van der Waals surface area contributed by atoms with Crippen LogP contribution in [-0.4, -0.2) is 37.6 Å². The van der Waals surface area contributed by atoms with Crippen LogP contribution in [0.4, 0.5) is 0 Å². The van der Waals surface area contributed by atoms with Crippen LogP contribution in [0.2, 0.25) is 0 Å². The summed E-state index contributed by atoms with van der Waals surface area (Å²) in [6, 6.07) is 0. The molecule has 0 saturated heterocycles. The van der Waals surface area contributed by atoms with Gasteiger partial charge in [0.2, 0.25) is 0 Å². The van der Waals surface area contributed by atoms with E-state index in [0.29, 0.717) is 11.0 Å². The van der Waals surface area contributed by atoms with Crippen molar-refractivity contribution in [2.45, 2.75) is 19.8 Å². The molecule has 4 nitrogen and oxygen atoms in total. The molecule has 0 aromatic carbocycles. The molecule has 0 rings (SSSR count). The molecule has 1 amide bonds. The molecule has 0 unspecified atom stereocenters. The third kappa shape index (κ3) is 5.09. The number of carbonyl (C=O) groups is 1. The van der Waals surface area contributed by atoms with Crippen LogP contribution in [0.1, 0.15) is 19.8 Å². The van der Waals surface area contributed by atoms with Gasteiger partial charge in [-0.15, -0.1) is 0 Å². The van der Waals surface area contributed by atoms with Gasteiger partial charge in [0.1, 0.15) is 0 Å². The summed E-state index contributed by atoms with van der Waals surface area (Å²) in [5.41, 5.74) is 2.14. The number of carbonyl (C=O) groups excluding carboxylic acids is 1. The van der Waals surface area contributed by atoms with Crippen LogP contribution >= 0.6 is 0 Å². The van der Waals surface area contributed by atoms with Crippen LogP contribution in [0.15, 0.2) is 0 Å². The Bertz CT molecular complexity index is 145. The predicted molar refractivity (Wildman–Crippen MR) is 49.1 cm³/mol. The van der Waals surface area contributed by atoms with Gasteiger partial charge in [-0.3, -0.25) is 10.2 Å². The Labute approximate surface area is 74.3 Å². The normalized spacial score (nSPS) is 11.3. The largest absolute Gasteiger partial charge is 0.321 e. The Kier molecular flexibility index (Phi) is 4.85. The number of hydrogen-bond donors (Lipinski definition) is 2. The fraction of sp³-hybridized carbons (Fsp3) is 0.875. The summed E-state index contributed by atoms with van der Waals surface area (Å²) in [4.78, 5) is 10.9. The maximum absolute atomic E-state index is 10.9. The van der Waals surface area contributed by atoms with Gasteiger partial charge in [0.15, 0.2) is 6.54 Å². The van der Waals surface area contributed by atoms with Crippen LogP contribution in [0.5, 0.6) is 0 Å². The number of nitrogens with zero attached hydrogens (tertiary/aromatic N) is 1. The number of likely N-dealkylation sites (N-methyl/N-ethyl adjacent to an activating group) is 1. The summed E-state index contributed by atoms with van der Waals surface area (Å²) >= 11 is 0. The van der Waals surface area contributed by atoms with Crippen LogP contribution in [0, 0.1) is 0 Å². The highest BCUT2D eigenvalue weighted by Gasteiger charge is 2.17. The van der Waals surface area contributed by atoms with Crippen molar-refractivity contribution in [1.29, 1.82) is 0 Å². The lowest BCUT2D eigenvalue weighted by atomic mass is 10.3. The van der Waals surface area contributed by atoms with Gasteiger partial charge in [0.05, 0.1) is 20.6 Å². The summed E-state index contributed by atoms with van der Waals surface area (Å²) in [7, 11) is 4.07. The first-order chi connectivity index (χ1) is 5.52. The molecule has 0 aliphatic heterocycles. The second-order valence-electron chi connectivity index (χ2n) is 3.74. The van der Waals surface area contributed by atoms with E-state index in [1.54, 1.807) is 0 Å². The number of quaternary nitrogens is 1. The molecule has 72 valence electrons. The highest BCUT2D eigenvalue weighted by molar-refractivity contribution is 5.76. The van der Waals surface area contributed by atoms with E-state index in [2.05, 4.69) is 12.3 Å². The fourth-order valence-electron chi connectivity index (χ4n) is 1.10. The van der Waals surface area contributed by atoms with Crippen molar-refractivity contribution in [3.63, 3.8) is 0 Å². The molecular formula is C8H20N3O+. The Morgan fingerprint density at radius 3 is 2.50 bits per heavy atom. The number of unbranched alkanes of at least 4 members (excludes halogenated alkanes) is 1. The zero-order valence-corrected chi connectivity index (χ0v) is 8.26. The molecule has 0 aliphatic rings. The number of nitrogens with two attached hydrogens (primary N) is 1. The summed E-state index contributed by atoms with van der Waals surface area (Å²) in [6.45, 7) is 3.61. The topological polar surface area (TPSA) is 55.1 Å². The first-order valence-electron chi connectivity index (χ1n) is 4.33. The number of hydrogen-bond acceptors (Lipinski definition) is 2. The number of rotatable bonds is 5.